The fraction of sp³-hybridized carbons (Fsp3) is 0.167. The van der Waals surface area contributed by atoms with Crippen molar-refractivity contribution in [3.05, 3.63) is 90.5 Å². The van der Waals surface area contributed by atoms with Crippen LogP contribution >= 0.6 is 11.6 Å². The zero-order chi connectivity index (χ0) is 22.6. The maximum Gasteiger partial charge on any atom is 0.264 e. The van der Waals surface area contributed by atoms with Crippen LogP contribution < -0.4 is 4.31 Å². The minimum atomic E-state index is -3.82. The fourth-order valence-electron chi connectivity index (χ4n) is 3.39. The quantitative estimate of drug-likeness (QED) is 0.340. The molecule has 0 saturated heterocycles. The van der Waals surface area contributed by atoms with Gasteiger partial charge in [0, 0.05) is 24.5 Å². The Morgan fingerprint density at radius 1 is 1.00 bits per heavy atom. The van der Waals surface area contributed by atoms with Gasteiger partial charge in [-0.05, 0) is 24.6 Å². The number of benzene rings is 2. The Morgan fingerprint density at radius 2 is 1.69 bits per heavy atom. The molecule has 0 atom stereocenters. The second-order valence-corrected chi connectivity index (χ2v) is 9.57. The smallest absolute Gasteiger partial charge is 0.264 e. The van der Waals surface area contributed by atoms with Crippen molar-refractivity contribution in [2.24, 2.45) is 0 Å². The molecule has 2 heterocycles. The van der Waals surface area contributed by atoms with Crippen LogP contribution in [0.5, 0.6) is 0 Å². The van der Waals surface area contributed by atoms with E-state index in [1.807, 2.05) is 43.5 Å². The standard InChI is InChI=1S/C24H23ClN4O2S/c1-2-3-14-29(32(30,31)21-12-8-5-9-13-21)23-15-20(25)16-26-24(23)28-17-22(27-18-28)19-10-6-4-7-11-19/h4-13,15-18H,2-3,14H2,1H3. The van der Waals surface area contributed by atoms with Gasteiger partial charge in [0.15, 0.2) is 5.82 Å². The van der Waals surface area contributed by atoms with E-state index in [9.17, 15) is 8.42 Å². The Labute approximate surface area is 193 Å². The maximum absolute atomic E-state index is 13.6. The number of nitrogens with zero attached hydrogens (tertiary/aromatic N) is 4. The van der Waals surface area contributed by atoms with Crippen molar-refractivity contribution in [1.82, 2.24) is 14.5 Å². The van der Waals surface area contributed by atoms with Gasteiger partial charge in [-0.2, -0.15) is 0 Å². The molecule has 4 rings (SSSR count). The molecule has 2 aromatic heterocycles. The summed E-state index contributed by atoms with van der Waals surface area (Å²) < 4.78 is 30.3. The van der Waals surface area contributed by atoms with Crippen molar-refractivity contribution < 1.29 is 8.42 Å². The van der Waals surface area contributed by atoms with Gasteiger partial charge in [0.1, 0.15) is 6.33 Å². The summed E-state index contributed by atoms with van der Waals surface area (Å²) in [7, 11) is -3.82. The summed E-state index contributed by atoms with van der Waals surface area (Å²) in [5, 5.41) is 0.358. The van der Waals surface area contributed by atoms with Gasteiger partial charge in [0.05, 0.1) is 21.3 Å². The average molecular weight is 467 g/mol. The van der Waals surface area contributed by atoms with Crippen molar-refractivity contribution in [2.45, 2.75) is 24.7 Å². The predicted octanol–water partition coefficient (Wildman–Crippen LogP) is 5.58. The highest BCUT2D eigenvalue weighted by molar-refractivity contribution is 7.92. The molecule has 0 bridgehead atoms. The second-order valence-electron chi connectivity index (χ2n) is 7.27. The largest absolute Gasteiger partial charge is 0.288 e. The van der Waals surface area contributed by atoms with Gasteiger partial charge in [-0.25, -0.2) is 18.4 Å². The van der Waals surface area contributed by atoms with Gasteiger partial charge in [-0.15, -0.1) is 0 Å². The van der Waals surface area contributed by atoms with E-state index in [-0.39, 0.29) is 4.90 Å². The summed E-state index contributed by atoms with van der Waals surface area (Å²) in [5.74, 6) is 0.444. The molecule has 8 heteroatoms. The molecule has 32 heavy (non-hydrogen) atoms. The third-order valence-corrected chi connectivity index (χ3v) is 7.06. The van der Waals surface area contributed by atoms with E-state index in [2.05, 4.69) is 9.97 Å². The summed E-state index contributed by atoms with van der Waals surface area (Å²) in [4.78, 5) is 9.19. The summed E-state index contributed by atoms with van der Waals surface area (Å²) >= 11 is 6.27. The highest BCUT2D eigenvalue weighted by atomic mass is 35.5. The van der Waals surface area contributed by atoms with Crippen LogP contribution in [0.3, 0.4) is 0 Å². The van der Waals surface area contributed by atoms with Gasteiger partial charge < -0.3 is 0 Å². The number of rotatable bonds is 8. The number of sulfonamides is 1. The molecule has 0 fully saturated rings. The molecular weight excluding hydrogens is 444 g/mol. The van der Waals surface area contributed by atoms with Gasteiger partial charge >= 0.3 is 0 Å². The second kappa shape index (κ2) is 9.54. The Bertz CT molecular complexity index is 1290. The maximum atomic E-state index is 13.6. The molecule has 0 amide bonds. The number of aromatic nitrogens is 3. The number of hydrogen-bond donors (Lipinski definition) is 0. The van der Waals surface area contributed by atoms with Crippen molar-refractivity contribution in [3.63, 3.8) is 0 Å². The van der Waals surface area contributed by atoms with Crippen LogP contribution in [-0.4, -0.2) is 29.5 Å². The van der Waals surface area contributed by atoms with Gasteiger partial charge in [0.25, 0.3) is 10.0 Å². The zero-order valence-corrected chi connectivity index (χ0v) is 19.2. The molecule has 0 aliphatic carbocycles. The van der Waals surface area contributed by atoms with E-state index in [0.29, 0.717) is 29.5 Å². The van der Waals surface area contributed by atoms with Crippen LogP contribution in [0, 0.1) is 0 Å². The van der Waals surface area contributed by atoms with Crippen molar-refractivity contribution in [3.8, 4) is 17.1 Å². The monoisotopic (exact) mass is 466 g/mol. The van der Waals surface area contributed by atoms with E-state index in [4.69, 9.17) is 11.6 Å². The van der Waals surface area contributed by atoms with Gasteiger partial charge in [-0.1, -0.05) is 73.5 Å². The van der Waals surface area contributed by atoms with Crippen LogP contribution in [0.15, 0.2) is 90.3 Å². The molecule has 0 aliphatic rings. The first-order valence-corrected chi connectivity index (χ1v) is 12.2. The summed E-state index contributed by atoms with van der Waals surface area (Å²) in [6.45, 7) is 2.33. The SMILES string of the molecule is CCCCN(c1cc(Cl)cnc1-n1cnc(-c2ccccc2)c1)S(=O)(=O)c1ccccc1. The van der Waals surface area contributed by atoms with E-state index < -0.39 is 10.0 Å². The van der Waals surface area contributed by atoms with Crippen molar-refractivity contribution >= 4 is 27.3 Å². The molecule has 0 N–H and O–H groups in total. The van der Waals surface area contributed by atoms with Crippen LogP contribution in [0.2, 0.25) is 5.02 Å². The number of hydrogen-bond acceptors (Lipinski definition) is 4. The Morgan fingerprint density at radius 3 is 2.38 bits per heavy atom. The fourth-order valence-corrected chi connectivity index (χ4v) is 5.06. The Kier molecular flexibility index (Phi) is 6.58. The van der Waals surface area contributed by atoms with E-state index in [1.54, 1.807) is 47.3 Å². The Balaban J connectivity index is 1.83. The van der Waals surface area contributed by atoms with Crippen molar-refractivity contribution in [2.75, 3.05) is 10.8 Å². The number of unbranched alkanes of at least 4 members (excludes halogenated alkanes) is 1. The molecule has 0 radical (unpaired) electrons. The van der Waals surface area contributed by atoms with Gasteiger partial charge in [0.2, 0.25) is 0 Å². The van der Waals surface area contributed by atoms with E-state index >= 15 is 0 Å². The number of halogens is 1. The highest BCUT2D eigenvalue weighted by Gasteiger charge is 2.28. The lowest BCUT2D eigenvalue weighted by molar-refractivity contribution is 0.588. The number of pyridine rings is 1. The van der Waals surface area contributed by atoms with Crippen molar-refractivity contribution in [1.29, 1.82) is 0 Å². The molecular formula is C24H23ClN4O2S. The first-order chi connectivity index (χ1) is 15.5. The normalized spacial score (nSPS) is 11.4. The lowest BCUT2D eigenvalue weighted by atomic mass is 10.2. The first kappa shape index (κ1) is 22.0. The number of anilines is 1. The first-order valence-electron chi connectivity index (χ1n) is 10.3. The zero-order valence-electron chi connectivity index (χ0n) is 17.6. The lowest BCUT2D eigenvalue weighted by Gasteiger charge is -2.26. The Hall–Kier alpha value is -3.16. The highest BCUT2D eigenvalue weighted by Crippen LogP contribution is 2.32. The summed E-state index contributed by atoms with van der Waals surface area (Å²) in [6.07, 6.45) is 6.51. The van der Waals surface area contributed by atoms with Crippen LogP contribution in [0.25, 0.3) is 17.1 Å². The molecule has 0 saturated carbocycles. The molecule has 4 aromatic rings. The van der Waals surface area contributed by atoms with Crippen LogP contribution in [0.4, 0.5) is 5.69 Å². The molecule has 0 unspecified atom stereocenters. The molecule has 0 aliphatic heterocycles. The minimum Gasteiger partial charge on any atom is -0.288 e. The summed E-state index contributed by atoms with van der Waals surface area (Å²) in [6, 6.07) is 19.8. The van der Waals surface area contributed by atoms with Crippen LogP contribution in [-0.2, 0) is 10.0 Å². The molecule has 0 spiro atoms. The van der Waals surface area contributed by atoms with E-state index in [0.717, 1.165) is 17.7 Å². The van der Waals surface area contributed by atoms with Crippen LogP contribution in [0.1, 0.15) is 19.8 Å². The molecule has 2 aromatic carbocycles. The summed E-state index contributed by atoms with van der Waals surface area (Å²) in [5.41, 5.74) is 2.13. The lowest BCUT2D eigenvalue weighted by Crippen LogP contribution is -2.33. The predicted molar refractivity (Wildman–Crippen MR) is 128 cm³/mol. The molecule has 6 nitrogen and oxygen atoms in total. The topological polar surface area (TPSA) is 68.1 Å². The minimum absolute atomic E-state index is 0.220. The number of imidazole rings is 1. The van der Waals surface area contributed by atoms with Gasteiger partial charge in [-0.3, -0.25) is 8.87 Å². The molecule has 164 valence electrons. The third kappa shape index (κ3) is 4.54. The average Bonchev–Trinajstić information content (AvgIpc) is 3.31. The van der Waals surface area contributed by atoms with E-state index in [1.165, 1.54) is 10.5 Å². The third-order valence-electron chi connectivity index (χ3n) is 5.03.